The Morgan fingerprint density at radius 2 is 1.70 bits per heavy atom. The molecule has 1 unspecified atom stereocenters. The summed E-state index contributed by atoms with van der Waals surface area (Å²) in [5.74, 6) is -2.21. The molecule has 7 nitrogen and oxygen atoms in total. The maximum atomic E-state index is 14.7. The van der Waals surface area contributed by atoms with Gasteiger partial charge in [0, 0.05) is 17.8 Å². The van der Waals surface area contributed by atoms with Crippen LogP contribution in [0.25, 0.3) is 11.1 Å². The zero-order valence-corrected chi connectivity index (χ0v) is 22.4. The van der Waals surface area contributed by atoms with Gasteiger partial charge in [-0.15, -0.1) is 0 Å². The number of carbonyl (C=O) groups excluding carboxylic acids is 1. The fraction of sp³-hybridized carbons (Fsp3) is 0.172. The van der Waals surface area contributed by atoms with E-state index in [2.05, 4.69) is 10.3 Å². The van der Waals surface area contributed by atoms with E-state index < -0.39 is 39.5 Å². The van der Waals surface area contributed by atoms with Gasteiger partial charge in [-0.3, -0.25) is 4.98 Å². The fourth-order valence-corrected chi connectivity index (χ4v) is 5.45. The van der Waals surface area contributed by atoms with Crippen LogP contribution in [0.2, 0.25) is 0 Å². The largest absolute Gasteiger partial charge is 0.491 e. The lowest BCUT2D eigenvalue weighted by atomic mass is 9.95. The van der Waals surface area contributed by atoms with E-state index in [9.17, 15) is 26.4 Å². The number of urea groups is 1. The highest BCUT2D eigenvalue weighted by Gasteiger charge is 2.25. The van der Waals surface area contributed by atoms with E-state index in [0.717, 1.165) is 12.1 Å². The second-order valence-corrected chi connectivity index (χ2v) is 10.5. The molecule has 0 aliphatic heterocycles. The van der Waals surface area contributed by atoms with Gasteiger partial charge in [0.2, 0.25) is 0 Å². The van der Waals surface area contributed by atoms with Gasteiger partial charge in [-0.2, -0.15) is 0 Å². The number of benzene rings is 3. The van der Waals surface area contributed by atoms with Crippen LogP contribution in [-0.4, -0.2) is 26.0 Å². The number of pyridine rings is 1. The minimum absolute atomic E-state index is 0.0578. The molecular formula is C29H26F3N3O4S. The Morgan fingerprint density at radius 1 is 0.975 bits per heavy atom. The molecule has 4 aromatic rings. The van der Waals surface area contributed by atoms with Gasteiger partial charge in [0.25, 0.3) is 10.0 Å². The van der Waals surface area contributed by atoms with Crippen LogP contribution in [0.15, 0.2) is 83.9 Å². The van der Waals surface area contributed by atoms with Crippen molar-refractivity contribution in [2.24, 2.45) is 0 Å². The van der Waals surface area contributed by atoms with Crippen LogP contribution < -0.4 is 14.8 Å². The van der Waals surface area contributed by atoms with Gasteiger partial charge in [-0.25, -0.2) is 31.1 Å². The molecule has 1 heterocycles. The van der Waals surface area contributed by atoms with Crippen LogP contribution in [0.5, 0.6) is 5.75 Å². The first-order valence-electron chi connectivity index (χ1n) is 12.3. The predicted octanol–water partition coefficient (Wildman–Crippen LogP) is 5.84. The molecule has 0 saturated carbocycles. The topological polar surface area (TPSA) is 97.4 Å². The molecule has 0 radical (unpaired) electrons. The number of amides is 2. The summed E-state index contributed by atoms with van der Waals surface area (Å²) >= 11 is 0. The molecule has 40 heavy (non-hydrogen) atoms. The maximum Gasteiger partial charge on any atom is 0.329 e. The third kappa shape index (κ3) is 6.78. The lowest BCUT2D eigenvalue weighted by Gasteiger charge is -2.22. The monoisotopic (exact) mass is 569 g/mol. The first kappa shape index (κ1) is 28.6. The molecule has 3 aromatic carbocycles. The molecule has 0 aliphatic rings. The van der Waals surface area contributed by atoms with Gasteiger partial charge in [-0.1, -0.05) is 30.3 Å². The van der Waals surface area contributed by atoms with E-state index in [4.69, 9.17) is 4.74 Å². The summed E-state index contributed by atoms with van der Waals surface area (Å²) in [6.45, 7) is 3.58. The summed E-state index contributed by atoms with van der Waals surface area (Å²) in [6, 6.07) is 14.4. The van der Waals surface area contributed by atoms with Crippen LogP contribution in [-0.2, 0) is 16.4 Å². The van der Waals surface area contributed by atoms with Gasteiger partial charge in [0.1, 0.15) is 11.6 Å². The number of nitrogens with one attached hydrogen (secondary N) is 2. The van der Waals surface area contributed by atoms with E-state index in [1.807, 2.05) is 4.72 Å². The van der Waals surface area contributed by atoms with Crippen molar-refractivity contribution < 1.29 is 31.1 Å². The number of aromatic nitrogens is 1. The van der Waals surface area contributed by atoms with Crippen molar-refractivity contribution >= 4 is 16.1 Å². The number of nitrogens with zero attached hydrogens (tertiary/aromatic N) is 1. The average molecular weight is 570 g/mol. The summed E-state index contributed by atoms with van der Waals surface area (Å²) in [5.41, 5.74) is 1.64. The molecule has 2 N–H and O–H groups in total. The van der Waals surface area contributed by atoms with Gasteiger partial charge in [0.15, 0.2) is 11.6 Å². The fourth-order valence-electron chi connectivity index (χ4n) is 4.28. The van der Waals surface area contributed by atoms with E-state index in [1.54, 1.807) is 44.2 Å². The molecule has 0 fully saturated rings. The highest BCUT2D eigenvalue weighted by atomic mass is 32.2. The zero-order valence-electron chi connectivity index (χ0n) is 21.6. The predicted molar refractivity (Wildman–Crippen MR) is 144 cm³/mol. The number of ether oxygens (including phenoxy) is 1. The van der Waals surface area contributed by atoms with Crippen LogP contribution in [0, 0.1) is 24.4 Å². The number of aryl methyl sites for hydroxylation is 1. The minimum atomic E-state index is -4.25. The first-order valence-corrected chi connectivity index (χ1v) is 13.8. The Labute approximate surface area is 230 Å². The van der Waals surface area contributed by atoms with Gasteiger partial charge in [0.05, 0.1) is 23.2 Å². The zero-order chi connectivity index (χ0) is 28.9. The van der Waals surface area contributed by atoms with Crippen LogP contribution in [0.3, 0.4) is 0 Å². The van der Waals surface area contributed by atoms with Crippen LogP contribution in [0.4, 0.5) is 18.0 Å². The number of hydrogen-bond donors (Lipinski definition) is 2. The smallest absolute Gasteiger partial charge is 0.329 e. The first-order chi connectivity index (χ1) is 19.1. The van der Waals surface area contributed by atoms with E-state index in [0.29, 0.717) is 22.8 Å². The minimum Gasteiger partial charge on any atom is -0.491 e. The standard InChI is InChI=1S/C29H26F3N3O4S/c1-3-39-26-11-10-20(16-24(26)32)23-8-6-12-33-28(23)25(15-19-13-21(30)17-22(31)14-19)34-29(36)35-40(37,38)27-9-5-4-7-18(27)2/h4-14,16-17,25H,3,15H2,1-2H3,(H2,34,35,36). The van der Waals surface area contributed by atoms with E-state index >= 15 is 0 Å². The molecule has 1 aromatic heterocycles. The summed E-state index contributed by atoms with van der Waals surface area (Å²) in [6.07, 6.45) is 1.28. The lowest BCUT2D eigenvalue weighted by Crippen LogP contribution is -2.42. The summed E-state index contributed by atoms with van der Waals surface area (Å²) in [5, 5.41) is 2.57. The third-order valence-electron chi connectivity index (χ3n) is 5.99. The lowest BCUT2D eigenvalue weighted by molar-refractivity contribution is 0.242. The second kappa shape index (κ2) is 12.2. The maximum absolute atomic E-state index is 14.7. The number of hydrogen-bond acceptors (Lipinski definition) is 5. The Kier molecular flexibility index (Phi) is 8.73. The Hall–Kier alpha value is -4.38. The molecular weight excluding hydrogens is 543 g/mol. The molecule has 208 valence electrons. The van der Waals surface area contributed by atoms with Crippen LogP contribution in [0.1, 0.15) is 29.8 Å². The van der Waals surface area contributed by atoms with Gasteiger partial charge < -0.3 is 10.1 Å². The molecule has 0 aliphatic carbocycles. The summed E-state index contributed by atoms with van der Waals surface area (Å²) in [7, 11) is -4.25. The van der Waals surface area contributed by atoms with Crippen molar-refractivity contribution in [1.82, 2.24) is 15.0 Å². The molecule has 4 rings (SSSR count). The Balaban J connectivity index is 1.72. The highest BCUT2D eigenvalue weighted by molar-refractivity contribution is 7.90. The second-order valence-electron chi connectivity index (χ2n) is 8.89. The normalized spacial score (nSPS) is 12.0. The molecule has 0 spiro atoms. The molecule has 1 atom stereocenters. The summed E-state index contributed by atoms with van der Waals surface area (Å²) < 4.78 is 75.7. The van der Waals surface area contributed by atoms with Crippen molar-refractivity contribution in [3.8, 4) is 16.9 Å². The third-order valence-corrected chi connectivity index (χ3v) is 7.48. The number of carbonyl (C=O) groups is 1. The number of halogens is 3. The molecule has 11 heteroatoms. The number of sulfonamides is 1. The quantitative estimate of drug-likeness (QED) is 0.264. The van der Waals surface area contributed by atoms with E-state index in [1.165, 1.54) is 30.5 Å². The average Bonchev–Trinajstić information content (AvgIpc) is 2.89. The van der Waals surface area contributed by atoms with E-state index in [-0.39, 0.29) is 34.9 Å². The summed E-state index contributed by atoms with van der Waals surface area (Å²) in [4.78, 5) is 17.3. The molecule has 0 bridgehead atoms. The van der Waals surface area contributed by atoms with Crippen LogP contribution >= 0.6 is 0 Å². The molecule has 0 saturated heterocycles. The van der Waals surface area contributed by atoms with Crippen molar-refractivity contribution in [1.29, 1.82) is 0 Å². The SMILES string of the molecule is CCOc1ccc(-c2cccnc2C(Cc2cc(F)cc(F)c2)NC(=O)NS(=O)(=O)c2ccccc2C)cc1F. The molecule has 2 amide bonds. The van der Waals surface area contributed by atoms with Crippen molar-refractivity contribution in [2.75, 3.05) is 6.61 Å². The van der Waals surface area contributed by atoms with Crippen molar-refractivity contribution in [3.05, 3.63) is 113 Å². The van der Waals surface area contributed by atoms with Gasteiger partial charge in [-0.05, 0) is 73.4 Å². The Bertz CT molecular complexity index is 1630. The van der Waals surface area contributed by atoms with Crippen molar-refractivity contribution in [2.45, 2.75) is 31.2 Å². The van der Waals surface area contributed by atoms with Crippen molar-refractivity contribution in [3.63, 3.8) is 0 Å². The highest BCUT2D eigenvalue weighted by Crippen LogP contribution is 2.31. The Morgan fingerprint density at radius 3 is 2.38 bits per heavy atom. The number of rotatable bonds is 9. The van der Waals surface area contributed by atoms with Gasteiger partial charge >= 0.3 is 6.03 Å².